The van der Waals surface area contributed by atoms with Crippen LogP contribution in [0.3, 0.4) is 0 Å². The number of H-pyrrole nitrogens is 2. The molecule has 0 saturated heterocycles. The molecule has 0 bridgehead atoms. The minimum absolute atomic E-state index is 0.0119. The summed E-state index contributed by atoms with van der Waals surface area (Å²) in [6.07, 6.45) is 5.32. The second kappa shape index (κ2) is 11.5. The number of aromatic nitrogens is 4. The molecule has 0 saturated carbocycles. The maximum absolute atomic E-state index is 12.8. The first-order chi connectivity index (χ1) is 17.4. The summed E-state index contributed by atoms with van der Waals surface area (Å²) < 4.78 is 33.3. The lowest BCUT2D eigenvalue weighted by molar-refractivity contribution is -0.145. The molecular weight excluding hydrogens is 486 g/mol. The molecule has 188 valence electrons. The second-order valence-electron chi connectivity index (χ2n) is 7.75. The molecule has 5 N–H and O–H groups in total. The van der Waals surface area contributed by atoms with Gasteiger partial charge in [0.25, 0.3) is 5.91 Å². The van der Waals surface area contributed by atoms with Gasteiger partial charge in [-0.15, -0.1) is 0 Å². The summed E-state index contributed by atoms with van der Waals surface area (Å²) in [5.41, 5.74) is 1.11. The molecular formula is C23H25N7O5S. The summed E-state index contributed by atoms with van der Waals surface area (Å²) >= 11 is 0. The first kappa shape index (κ1) is 24.9. The van der Waals surface area contributed by atoms with Crippen molar-refractivity contribution in [2.45, 2.75) is 17.4 Å². The average molecular weight is 512 g/mol. The number of sulfonamides is 1. The maximum atomic E-state index is 12.8. The molecule has 0 spiro atoms. The van der Waals surface area contributed by atoms with Gasteiger partial charge in [-0.1, -0.05) is 18.2 Å². The second-order valence-corrected chi connectivity index (χ2v) is 9.47. The van der Waals surface area contributed by atoms with Crippen LogP contribution in [0, 0.1) is 0 Å². The third kappa shape index (κ3) is 6.46. The Bertz CT molecular complexity index is 1410. The zero-order valence-electron chi connectivity index (χ0n) is 19.1. The number of ether oxygens (including phenoxy) is 1. The number of benzene rings is 2. The topological polar surface area (TPSA) is 171 Å². The number of fused-ring (bicyclic) bond motifs is 1. The van der Waals surface area contributed by atoms with Crippen LogP contribution in [0.25, 0.3) is 10.9 Å². The maximum Gasteiger partial charge on any atom is 0.326 e. The van der Waals surface area contributed by atoms with Crippen molar-refractivity contribution in [3.8, 4) is 0 Å². The highest BCUT2D eigenvalue weighted by atomic mass is 32.2. The fraction of sp³-hybridized carbons (Fsp3) is 0.217. The molecule has 1 amide bonds. The Morgan fingerprint density at radius 3 is 2.72 bits per heavy atom. The van der Waals surface area contributed by atoms with E-state index in [1.165, 1.54) is 12.1 Å². The highest BCUT2D eigenvalue weighted by Crippen LogP contribution is 2.13. The molecule has 4 rings (SSSR count). The number of hydrogen-bond acceptors (Lipinski definition) is 8. The molecule has 4 aromatic rings. The molecule has 13 heteroatoms. The number of nitrogens with zero attached hydrogens (tertiary/aromatic N) is 2. The van der Waals surface area contributed by atoms with Gasteiger partial charge in [-0.25, -0.2) is 13.4 Å². The standard InChI is InChI=1S/C23H25N7O5S/c31-21(16-7-8-19-17(13-16)14-28-29-19)27-15-20(30-36(33,34)18-5-2-1-3-6-18)22(32)35-12-4-9-24-23-25-10-11-26-23/h1-3,5-8,10-11,13-14,20,30H,4,9,12,15H2,(H,27,31)(H,28,29)(H2,24,25,26). The Morgan fingerprint density at radius 2 is 1.94 bits per heavy atom. The third-order valence-corrected chi connectivity index (χ3v) is 6.65. The number of nitrogens with one attached hydrogen (secondary N) is 5. The number of rotatable bonds is 12. The summed E-state index contributed by atoms with van der Waals surface area (Å²) in [6.45, 7) is 0.216. The van der Waals surface area contributed by atoms with E-state index in [0.717, 1.165) is 10.9 Å². The highest BCUT2D eigenvalue weighted by molar-refractivity contribution is 7.89. The van der Waals surface area contributed by atoms with Crippen molar-refractivity contribution in [1.29, 1.82) is 0 Å². The van der Waals surface area contributed by atoms with Gasteiger partial charge >= 0.3 is 5.97 Å². The van der Waals surface area contributed by atoms with E-state index in [4.69, 9.17) is 4.74 Å². The predicted octanol–water partition coefficient (Wildman–Crippen LogP) is 1.41. The quantitative estimate of drug-likeness (QED) is 0.140. The van der Waals surface area contributed by atoms with Crippen LogP contribution in [0.15, 0.2) is 72.0 Å². The van der Waals surface area contributed by atoms with Gasteiger partial charge in [-0.3, -0.25) is 14.7 Å². The van der Waals surface area contributed by atoms with Crippen LogP contribution in [0.4, 0.5) is 5.95 Å². The van der Waals surface area contributed by atoms with Crippen LogP contribution in [0.2, 0.25) is 0 Å². The zero-order chi connectivity index (χ0) is 25.4. The monoisotopic (exact) mass is 511 g/mol. The predicted molar refractivity (Wildman–Crippen MR) is 132 cm³/mol. The Balaban J connectivity index is 1.38. The number of anilines is 1. The summed E-state index contributed by atoms with van der Waals surface area (Å²) in [7, 11) is -4.04. The van der Waals surface area contributed by atoms with Crippen LogP contribution < -0.4 is 15.4 Å². The van der Waals surface area contributed by atoms with Crippen molar-refractivity contribution in [2.75, 3.05) is 25.0 Å². The van der Waals surface area contributed by atoms with Crippen molar-refractivity contribution in [3.05, 3.63) is 72.7 Å². The molecule has 1 unspecified atom stereocenters. The van der Waals surface area contributed by atoms with Crippen LogP contribution in [0.1, 0.15) is 16.8 Å². The fourth-order valence-corrected chi connectivity index (χ4v) is 4.53. The van der Waals surface area contributed by atoms with Gasteiger partial charge in [0.2, 0.25) is 10.0 Å². The highest BCUT2D eigenvalue weighted by Gasteiger charge is 2.27. The third-order valence-electron chi connectivity index (χ3n) is 5.16. The van der Waals surface area contributed by atoms with Crippen LogP contribution in [0.5, 0.6) is 0 Å². The SMILES string of the molecule is O=C(NCC(NS(=O)(=O)c1ccccc1)C(=O)OCCCNc1ncc[nH]1)c1ccc2[nH]ncc2c1. The number of esters is 1. The first-order valence-electron chi connectivity index (χ1n) is 11.1. The molecule has 0 radical (unpaired) electrons. The number of carbonyl (C=O) groups is 2. The number of hydrogen-bond donors (Lipinski definition) is 5. The number of aromatic amines is 2. The zero-order valence-corrected chi connectivity index (χ0v) is 19.9. The van der Waals surface area contributed by atoms with Gasteiger partial charge in [0.05, 0.1) is 23.2 Å². The van der Waals surface area contributed by atoms with Crippen molar-refractivity contribution in [1.82, 2.24) is 30.2 Å². The molecule has 0 aliphatic heterocycles. The van der Waals surface area contributed by atoms with E-state index in [9.17, 15) is 18.0 Å². The number of carbonyl (C=O) groups excluding carboxylic acids is 2. The average Bonchev–Trinajstić information content (AvgIpc) is 3.58. The molecule has 36 heavy (non-hydrogen) atoms. The minimum Gasteiger partial charge on any atom is -0.464 e. The number of imidazole rings is 1. The molecule has 1 atom stereocenters. The Labute approximate surface area is 206 Å². The lowest BCUT2D eigenvalue weighted by Crippen LogP contribution is -2.49. The smallest absolute Gasteiger partial charge is 0.326 e. The lowest BCUT2D eigenvalue weighted by atomic mass is 10.1. The Hall–Kier alpha value is -4.23. The van der Waals surface area contributed by atoms with Crippen molar-refractivity contribution >= 4 is 38.8 Å². The van der Waals surface area contributed by atoms with Crippen LogP contribution in [-0.2, 0) is 19.6 Å². The fourth-order valence-electron chi connectivity index (χ4n) is 3.32. The van der Waals surface area contributed by atoms with Crippen molar-refractivity contribution in [2.24, 2.45) is 0 Å². The van der Waals surface area contributed by atoms with E-state index >= 15 is 0 Å². The van der Waals surface area contributed by atoms with Crippen LogP contribution >= 0.6 is 0 Å². The van der Waals surface area contributed by atoms with E-state index in [-0.39, 0.29) is 18.0 Å². The van der Waals surface area contributed by atoms with Gasteiger partial charge in [0, 0.05) is 36.4 Å². The van der Waals surface area contributed by atoms with E-state index in [2.05, 4.69) is 35.5 Å². The van der Waals surface area contributed by atoms with Gasteiger partial charge < -0.3 is 20.4 Å². The molecule has 12 nitrogen and oxygen atoms in total. The molecule has 2 aromatic carbocycles. The molecule has 2 aromatic heterocycles. The van der Waals surface area contributed by atoms with Crippen LogP contribution in [-0.4, -0.2) is 66.2 Å². The molecule has 0 aliphatic carbocycles. The summed E-state index contributed by atoms with van der Waals surface area (Å²) in [5, 5.41) is 13.1. The first-order valence-corrected chi connectivity index (χ1v) is 12.6. The number of amides is 1. The van der Waals surface area contributed by atoms with E-state index < -0.39 is 27.9 Å². The summed E-state index contributed by atoms with van der Waals surface area (Å²) in [4.78, 5) is 32.4. The van der Waals surface area contributed by atoms with Crippen molar-refractivity contribution < 1.29 is 22.7 Å². The van der Waals surface area contributed by atoms with Gasteiger partial charge in [0.15, 0.2) is 5.95 Å². The normalized spacial score (nSPS) is 12.2. The molecule has 0 fully saturated rings. The lowest BCUT2D eigenvalue weighted by Gasteiger charge is -2.18. The summed E-state index contributed by atoms with van der Waals surface area (Å²) in [5.74, 6) is -0.693. The molecule has 2 heterocycles. The van der Waals surface area contributed by atoms with E-state index in [1.54, 1.807) is 55.0 Å². The Kier molecular flexibility index (Phi) is 7.92. The minimum atomic E-state index is -4.04. The van der Waals surface area contributed by atoms with E-state index in [0.29, 0.717) is 24.5 Å². The van der Waals surface area contributed by atoms with E-state index in [1.807, 2.05) is 0 Å². The van der Waals surface area contributed by atoms with Gasteiger partial charge in [-0.05, 0) is 36.8 Å². The van der Waals surface area contributed by atoms with Crippen molar-refractivity contribution in [3.63, 3.8) is 0 Å². The summed E-state index contributed by atoms with van der Waals surface area (Å²) in [6, 6.07) is 11.2. The van der Waals surface area contributed by atoms with Gasteiger partial charge in [0.1, 0.15) is 6.04 Å². The largest absolute Gasteiger partial charge is 0.464 e. The van der Waals surface area contributed by atoms with Gasteiger partial charge in [-0.2, -0.15) is 9.82 Å². The molecule has 0 aliphatic rings. The Morgan fingerprint density at radius 1 is 1.11 bits per heavy atom.